The molecular formula is C10H11ClIN. The second kappa shape index (κ2) is 4.15. The van der Waals surface area contributed by atoms with Crippen molar-refractivity contribution < 1.29 is 0 Å². The third-order valence-electron chi connectivity index (χ3n) is 2.42. The molecule has 1 nitrogen and oxygen atoms in total. The van der Waals surface area contributed by atoms with Crippen LogP contribution < -0.4 is 5.32 Å². The van der Waals surface area contributed by atoms with Gasteiger partial charge in [-0.1, -0.05) is 23.7 Å². The van der Waals surface area contributed by atoms with E-state index in [0.29, 0.717) is 6.04 Å². The molecule has 1 atom stereocenters. The Kier molecular flexibility index (Phi) is 3.11. The van der Waals surface area contributed by atoms with Crippen LogP contribution in [0.25, 0.3) is 0 Å². The fourth-order valence-electron chi connectivity index (χ4n) is 1.74. The van der Waals surface area contributed by atoms with Crippen molar-refractivity contribution in [1.82, 2.24) is 5.32 Å². The molecule has 2 rings (SSSR count). The van der Waals surface area contributed by atoms with E-state index in [0.717, 1.165) is 11.6 Å². The summed E-state index contributed by atoms with van der Waals surface area (Å²) in [5.41, 5.74) is 1.35. The summed E-state index contributed by atoms with van der Waals surface area (Å²) in [6, 6.07) is 6.66. The van der Waals surface area contributed by atoms with Crippen LogP contribution in [-0.4, -0.2) is 6.54 Å². The molecule has 1 aromatic rings. The lowest BCUT2D eigenvalue weighted by molar-refractivity contribution is 0.645. The van der Waals surface area contributed by atoms with E-state index in [1.54, 1.807) is 0 Å². The predicted octanol–water partition coefficient (Wildman–Crippen LogP) is 3.37. The van der Waals surface area contributed by atoms with Crippen molar-refractivity contribution in [2.45, 2.75) is 18.9 Å². The molecule has 1 fully saturated rings. The van der Waals surface area contributed by atoms with E-state index in [9.17, 15) is 0 Å². The lowest BCUT2D eigenvalue weighted by Crippen LogP contribution is -2.13. The highest BCUT2D eigenvalue weighted by Crippen LogP contribution is 2.30. The first kappa shape index (κ1) is 9.74. The Morgan fingerprint density at radius 3 is 3.00 bits per heavy atom. The molecule has 0 aromatic heterocycles. The fraction of sp³-hybridized carbons (Fsp3) is 0.400. The molecule has 13 heavy (non-hydrogen) atoms. The predicted molar refractivity (Wildman–Crippen MR) is 64.1 cm³/mol. The van der Waals surface area contributed by atoms with Gasteiger partial charge in [0.05, 0.1) is 5.02 Å². The summed E-state index contributed by atoms with van der Waals surface area (Å²) in [5, 5.41) is 4.34. The third-order valence-corrected chi connectivity index (χ3v) is 4.25. The summed E-state index contributed by atoms with van der Waals surface area (Å²) in [6.07, 6.45) is 2.50. The molecular weight excluding hydrogens is 296 g/mol. The number of halogens is 2. The van der Waals surface area contributed by atoms with Crippen molar-refractivity contribution >= 4 is 34.2 Å². The summed E-state index contributed by atoms with van der Waals surface area (Å²) < 4.78 is 1.20. The minimum Gasteiger partial charge on any atom is -0.310 e. The Hall–Kier alpha value is 0.200. The Balaban J connectivity index is 2.33. The lowest BCUT2D eigenvalue weighted by atomic mass is 10.1. The molecule has 3 heteroatoms. The van der Waals surface area contributed by atoms with E-state index in [4.69, 9.17) is 11.6 Å². The van der Waals surface area contributed by atoms with E-state index < -0.39 is 0 Å². The van der Waals surface area contributed by atoms with Crippen LogP contribution >= 0.6 is 34.2 Å². The van der Waals surface area contributed by atoms with Crippen LogP contribution in [0.5, 0.6) is 0 Å². The van der Waals surface area contributed by atoms with Crippen LogP contribution in [0.4, 0.5) is 0 Å². The van der Waals surface area contributed by atoms with Crippen LogP contribution in [-0.2, 0) is 0 Å². The molecule has 0 bridgehead atoms. The van der Waals surface area contributed by atoms with Crippen LogP contribution in [0.3, 0.4) is 0 Å². The summed E-state index contributed by atoms with van der Waals surface area (Å²) >= 11 is 8.38. The van der Waals surface area contributed by atoms with Gasteiger partial charge in [0.25, 0.3) is 0 Å². The van der Waals surface area contributed by atoms with Crippen molar-refractivity contribution in [2.75, 3.05) is 6.54 Å². The van der Waals surface area contributed by atoms with E-state index in [-0.39, 0.29) is 0 Å². The summed E-state index contributed by atoms with van der Waals surface area (Å²) in [4.78, 5) is 0. The normalized spacial score (nSPS) is 22.2. The number of hydrogen-bond donors (Lipinski definition) is 1. The van der Waals surface area contributed by atoms with Gasteiger partial charge in [-0.05, 0) is 53.6 Å². The van der Waals surface area contributed by atoms with Gasteiger partial charge >= 0.3 is 0 Å². The molecule has 0 radical (unpaired) electrons. The first-order valence-corrected chi connectivity index (χ1v) is 5.92. The topological polar surface area (TPSA) is 12.0 Å². The second-order valence-corrected chi connectivity index (χ2v) is 4.78. The molecule has 0 aliphatic carbocycles. The maximum Gasteiger partial charge on any atom is 0.0542 e. The SMILES string of the molecule is Clc1cccc(C2CCCN2)c1I. The lowest BCUT2D eigenvalue weighted by Gasteiger charge is -2.13. The maximum absolute atomic E-state index is 6.06. The molecule has 1 unspecified atom stereocenters. The van der Waals surface area contributed by atoms with Crippen molar-refractivity contribution in [1.29, 1.82) is 0 Å². The minimum absolute atomic E-state index is 0.519. The van der Waals surface area contributed by atoms with E-state index in [2.05, 4.69) is 34.0 Å². The fourth-order valence-corrected chi connectivity index (χ4v) is 2.66. The van der Waals surface area contributed by atoms with E-state index in [1.165, 1.54) is 22.0 Å². The van der Waals surface area contributed by atoms with Gasteiger partial charge in [0.2, 0.25) is 0 Å². The Labute approximate surface area is 97.0 Å². The first-order valence-electron chi connectivity index (χ1n) is 4.46. The number of nitrogens with one attached hydrogen (secondary N) is 1. The number of hydrogen-bond acceptors (Lipinski definition) is 1. The highest BCUT2D eigenvalue weighted by Gasteiger charge is 2.18. The first-order chi connectivity index (χ1) is 6.29. The largest absolute Gasteiger partial charge is 0.310 e. The molecule has 0 amide bonds. The smallest absolute Gasteiger partial charge is 0.0542 e. The third kappa shape index (κ3) is 2.00. The zero-order valence-corrected chi connectivity index (χ0v) is 10.1. The second-order valence-electron chi connectivity index (χ2n) is 3.29. The van der Waals surface area contributed by atoms with E-state index in [1.807, 2.05) is 12.1 Å². The summed E-state index contributed by atoms with van der Waals surface area (Å²) in [6.45, 7) is 1.13. The van der Waals surface area contributed by atoms with Gasteiger partial charge in [0.15, 0.2) is 0 Å². The van der Waals surface area contributed by atoms with Crippen molar-refractivity contribution in [3.63, 3.8) is 0 Å². The van der Waals surface area contributed by atoms with Gasteiger partial charge in [-0.15, -0.1) is 0 Å². The molecule has 70 valence electrons. The Bertz CT molecular complexity index is 308. The molecule has 1 N–H and O–H groups in total. The Morgan fingerprint density at radius 1 is 1.46 bits per heavy atom. The van der Waals surface area contributed by atoms with Gasteiger partial charge in [0.1, 0.15) is 0 Å². The number of rotatable bonds is 1. The zero-order chi connectivity index (χ0) is 9.26. The molecule has 1 aromatic carbocycles. The van der Waals surface area contributed by atoms with Crippen molar-refractivity contribution in [2.24, 2.45) is 0 Å². The van der Waals surface area contributed by atoms with Crippen molar-refractivity contribution in [3.05, 3.63) is 32.4 Å². The standard InChI is InChI=1S/C10H11ClIN/c11-8-4-1-3-7(10(8)12)9-5-2-6-13-9/h1,3-4,9,13H,2,5-6H2. The van der Waals surface area contributed by atoms with Crippen LogP contribution in [0.2, 0.25) is 5.02 Å². The van der Waals surface area contributed by atoms with Crippen LogP contribution in [0.15, 0.2) is 18.2 Å². The highest BCUT2D eigenvalue weighted by molar-refractivity contribution is 14.1. The molecule has 1 heterocycles. The van der Waals surface area contributed by atoms with Gasteiger partial charge in [-0.2, -0.15) is 0 Å². The van der Waals surface area contributed by atoms with Crippen molar-refractivity contribution in [3.8, 4) is 0 Å². The zero-order valence-electron chi connectivity index (χ0n) is 7.19. The molecule has 0 spiro atoms. The summed E-state index contributed by atoms with van der Waals surface area (Å²) in [5.74, 6) is 0. The monoisotopic (exact) mass is 307 g/mol. The molecule has 1 saturated heterocycles. The number of benzene rings is 1. The van der Waals surface area contributed by atoms with Gasteiger partial charge in [-0.3, -0.25) is 0 Å². The summed E-state index contributed by atoms with van der Waals surface area (Å²) in [7, 11) is 0. The average molecular weight is 308 g/mol. The molecule has 0 saturated carbocycles. The van der Waals surface area contributed by atoms with Crippen LogP contribution in [0, 0.1) is 3.57 Å². The Morgan fingerprint density at radius 2 is 2.31 bits per heavy atom. The molecule has 1 aliphatic heterocycles. The van der Waals surface area contributed by atoms with Crippen LogP contribution in [0.1, 0.15) is 24.4 Å². The van der Waals surface area contributed by atoms with Gasteiger partial charge in [0, 0.05) is 9.61 Å². The van der Waals surface area contributed by atoms with Gasteiger partial charge in [-0.25, -0.2) is 0 Å². The van der Waals surface area contributed by atoms with Gasteiger partial charge < -0.3 is 5.32 Å². The minimum atomic E-state index is 0.519. The maximum atomic E-state index is 6.06. The van der Waals surface area contributed by atoms with E-state index >= 15 is 0 Å². The molecule has 1 aliphatic rings. The quantitative estimate of drug-likeness (QED) is 0.785. The highest BCUT2D eigenvalue weighted by atomic mass is 127. The average Bonchev–Trinajstić information content (AvgIpc) is 2.62.